The Labute approximate surface area is 180 Å². The molecule has 160 valence electrons. The molecule has 1 aromatic carbocycles. The quantitative estimate of drug-likeness (QED) is 0.433. The lowest BCUT2D eigenvalue weighted by atomic mass is 10.2. The minimum absolute atomic E-state index is 0.00870. The second-order valence-electron chi connectivity index (χ2n) is 5.68. The van der Waals surface area contributed by atoms with Crippen molar-refractivity contribution in [3.8, 4) is 0 Å². The first kappa shape index (κ1) is 23.2. The molecule has 0 bridgehead atoms. The Morgan fingerprint density at radius 1 is 0.900 bits per heavy atom. The van der Waals surface area contributed by atoms with Crippen LogP contribution >= 0.6 is 23.2 Å². The Bertz CT molecular complexity index is 973. The van der Waals surface area contributed by atoms with Crippen LogP contribution in [0.15, 0.2) is 24.3 Å². The first-order valence-electron chi connectivity index (χ1n) is 8.30. The van der Waals surface area contributed by atoms with E-state index in [2.05, 4.69) is 14.6 Å². The number of aromatic nitrogens is 2. The van der Waals surface area contributed by atoms with Crippen molar-refractivity contribution in [2.24, 2.45) is 0 Å². The molecular formula is C18H16Cl2N2O8. The highest BCUT2D eigenvalue weighted by Gasteiger charge is 2.22. The Kier molecular flexibility index (Phi) is 8.19. The van der Waals surface area contributed by atoms with Gasteiger partial charge in [0, 0.05) is 30.0 Å². The van der Waals surface area contributed by atoms with Gasteiger partial charge in [-0.1, -0.05) is 29.3 Å². The summed E-state index contributed by atoms with van der Waals surface area (Å²) in [5.74, 6) is -3.13. The summed E-state index contributed by atoms with van der Waals surface area (Å²) in [5, 5.41) is 4.76. The van der Waals surface area contributed by atoms with Gasteiger partial charge in [-0.15, -0.1) is 0 Å². The number of esters is 4. The third-order valence-corrected chi connectivity index (χ3v) is 4.02. The molecule has 2 rings (SSSR count). The van der Waals surface area contributed by atoms with E-state index < -0.39 is 37.5 Å². The van der Waals surface area contributed by atoms with Crippen molar-refractivity contribution >= 4 is 47.1 Å². The molecule has 0 aliphatic carbocycles. The van der Waals surface area contributed by atoms with Crippen LogP contribution < -0.4 is 0 Å². The van der Waals surface area contributed by atoms with Crippen molar-refractivity contribution in [3.63, 3.8) is 0 Å². The van der Waals surface area contributed by atoms with Gasteiger partial charge in [-0.3, -0.25) is 14.3 Å². The predicted molar refractivity (Wildman–Crippen MR) is 102 cm³/mol. The number of halogens is 2. The van der Waals surface area contributed by atoms with Crippen molar-refractivity contribution in [1.29, 1.82) is 0 Å². The molecule has 1 heterocycles. The van der Waals surface area contributed by atoms with Crippen molar-refractivity contribution in [2.45, 2.75) is 20.4 Å². The molecule has 0 fully saturated rings. The molecule has 0 atom stereocenters. The fourth-order valence-electron chi connectivity index (χ4n) is 2.09. The molecular weight excluding hydrogens is 443 g/mol. The third-order valence-electron chi connectivity index (χ3n) is 3.44. The van der Waals surface area contributed by atoms with Crippen molar-refractivity contribution < 1.29 is 38.1 Å². The number of hydrogen-bond acceptors (Lipinski definition) is 9. The lowest BCUT2D eigenvalue weighted by molar-refractivity contribution is -0.150. The summed E-state index contributed by atoms with van der Waals surface area (Å²) >= 11 is 12.0. The van der Waals surface area contributed by atoms with Crippen LogP contribution in [0.3, 0.4) is 0 Å². The lowest BCUT2D eigenvalue weighted by Gasteiger charge is -2.09. The summed E-state index contributed by atoms with van der Waals surface area (Å²) in [6.45, 7) is 1.06. The molecule has 0 aliphatic heterocycles. The molecule has 0 amide bonds. The second-order valence-corrected chi connectivity index (χ2v) is 6.52. The van der Waals surface area contributed by atoms with Crippen LogP contribution in [0.1, 0.15) is 40.4 Å². The van der Waals surface area contributed by atoms with E-state index in [1.165, 1.54) is 6.07 Å². The van der Waals surface area contributed by atoms with Gasteiger partial charge >= 0.3 is 23.9 Å². The molecule has 0 saturated heterocycles. The van der Waals surface area contributed by atoms with E-state index in [1.807, 2.05) is 0 Å². The Balaban J connectivity index is 2.26. The highest BCUT2D eigenvalue weighted by Crippen LogP contribution is 2.22. The van der Waals surface area contributed by atoms with Gasteiger partial charge in [0.15, 0.2) is 5.69 Å². The maximum absolute atomic E-state index is 12.4. The first-order chi connectivity index (χ1) is 14.2. The van der Waals surface area contributed by atoms with Crippen LogP contribution in [0.25, 0.3) is 0 Å². The summed E-state index contributed by atoms with van der Waals surface area (Å²) < 4.78 is 19.9. The lowest BCUT2D eigenvalue weighted by Crippen LogP contribution is -2.16. The van der Waals surface area contributed by atoms with Gasteiger partial charge in [-0.25, -0.2) is 9.59 Å². The van der Waals surface area contributed by atoms with Gasteiger partial charge in [-0.2, -0.15) is 5.10 Å². The smallest absolute Gasteiger partial charge is 0.361 e. The molecule has 0 aliphatic rings. The molecule has 0 N–H and O–H groups in total. The topological polar surface area (TPSA) is 123 Å². The number of hydrogen-bond donors (Lipinski definition) is 0. The Hall–Kier alpha value is -3.11. The Morgan fingerprint density at radius 2 is 1.50 bits per heavy atom. The third kappa shape index (κ3) is 6.75. The monoisotopic (exact) mass is 458 g/mol. The molecule has 2 aromatic rings. The summed E-state index contributed by atoms with van der Waals surface area (Å²) in [4.78, 5) is 46.1. The summed E-state index contributed by atoms with van der Waals surface area (Å²) in [6, 6.07) is 5.85. The molecule has 30 heavy (non-hydrogen) atoms. The maximum Gasteiger partial charge on any atom is 0.361 e. The minimum Gasteiger partial charge on any atom is -0.428 e. The van der Waals surface area contributed by atoms with Gasteiger partial charge in [0.25, 0.3) is 0 Å². The van der Waals surface area contributed by atoms with E-state index in [0.717, 1.165) is 24.6 Å². The zero-order valence-electron chi connectivity index (χ0n) is 15.8. The number of carbonyl (C=O) groups is 4. The van der Waals surface area contributed by atoms with Gasteiger partial charge < -0.3 is 18.9 Å². The normalized spacial score (nSPS) is 10.3. The van der Waals surface area contributed by atoms with Crippen molar-refractivity contribution in [2.75, 3.05) is 13.6 Å². The fourth-order valence-corrected chi connectivity index (χ4v) is 2.56. The van der Waals surface area contributed by atoms with Gasteiger partial charge in [0.2, 0.25) is 13.6 Å². The molecule has 1 aromatic heterocycles. The van der Waals surface area contributed by atoms with E-state index in [1.54, 1.807) is 12.1 Å². The summed E-state index contributed by atoms with van der Waals surface area (Å²) in [7, 11) is 0. The summed E-state index contributed by atoms with van der Waals surface area (Å²) in [5.41, 5.74) is 0.178. The predicted octanol–water partition coefficient (Wildman–Crippen LogP) is 2.59. The first-order valence-corrected chi connectivity index (χ1v) is 9.05. The molecule has 0 saturated carbocycles. The largest absolute Gasteiger partial charge is 0.428 e. The van der Waals surface area contributed by atoms with E-state index >= 15 is 0 Å². The standard InChI is InChI=1S/C18H16Cl2N2O8/c1-10(23)27-8-29-17(25)15-6-16(18(26)30-9-28-11(2)24)22(21-15)7-12-3-4-13(19)5-14(12)20/h3-6H,7-9H2,1-2H3. The number of rotatable bonds is 8. The average Bonchev–Trinajstić information content (AvgIpc) is 3.07. The SMILES string of the molecule is CC(=O)OCOC(=O)c1cc(C(=O)OCOC(C)=O)n(Cc2ccc(Cl)cc2Cl)n1. The average molecular weight is 459 g/mol. The Morgan fingerprint density at radius 3 is 2.07 bits per heavy atom. The van der Waals surface area contributed by atoms with Gasteiger partial charge in [-0.05, 0) is 17.7 Å². The summed E-state index contributed by atoms with van der Waals surface area (Å²) in [6.07, 6.45) is 0. The van der Waals surface area contributed by atoms with E-state index in [-0.39, 0.29) is 17.9 Å². The number of benzene rings is 1. The maximum atomic E-state index is 12.4. The van der Waals surface area contributed by atoms with Gasteiger partial charge in [0.1, 0.15) is 5.69 Å². The number of ether oxygens (including phenoxy) is 4. The van der Waals surface area contributed by atoms with Crippen LogP contribution in [0.4, 0.5) is 0 Å². The number of nitrogens with zero attached hydrogens (tertiary/aromatic N) is 2. The van der Waals surface area contributed by atoms with E-state index in [9.17, 15) is 19.2 Å². The van der Waals surface area contributed by atoms with E-state index in [4.69, 9.17) is 32.7 Å². The van der Waals surface area contributed by atoms with Crippen LogP contribution in [-0.4, -0.2) is 47.2 Å². The molecule has 0 radical (unpaired) electrons. The zero-order chi connectivity index (χ0) is 22.3. The van der Waals surface area contributed by atoms with Crippen LogP contribution in [0, 0.1) is 0 Å². The number of carbonyl (C=O) groups excluding carboxylic acids is 4. The molecule has 12 heteroatoms. The van der Waals surface area contributed by atoms with E-state index in [0.29, 0.717) is 15.6 Å². The molecule has 0 spiro atoms. The van der Waals surface area contributed by atoms with Crippen LogP contribution in [0.2, 0.25) is 10.0 Å². The second kappa shape index (κ2) is 10.6. The zero-order valence-corrected chi connectivity index (χ0v) is 17.4. The van der Waals surface area contributed by atoms with Crippen molar-refractivity contribution in [3.05, 3.63) is 51.3 Å². The fraction of sp³-hybridized carbons (Fsp3) is 0.278. The highest BCUT2D eigenvalue weighted by molar-refractivity contribution is 6.35. The van der Waals surface area contributed by atoms with Crippen LogP contribution in [-0.2, 0) is 35.1 Å². The van der Waals surface area contributed by atoms with Crippen molar-refractivity contribution in [1.82, 2.24) is 9.78 Å². The minimum atomic E-state index is -0.939. The van der Waals surface area contributed by atoms with Gasteiger partial charge in [0.05, 0.1) is 6.54 Å². The molecule has 0 unspecified atom stereocenters. The molecule has 10 nitrogen and oxygen atoms in total. The highest BCUT2D eigenvalue weighted by atomic mass is 35.5. The van der Waals surface area contributed by atoms with Crippen LogP contribution in [0.5, 0.6) is 0 Å².